The van der Waals surface area contributed by atoms with Crippen LogP contribution in [0.4, 0.5) is 0 Å². The molecule has 1 atom stereocenters. The average Bonchev–Trinajstić information content (AvgIpc) is 3.25. The zero-order valence-electron chi connectivity index (χ0n) is 14.4. The summed E-state index contributed by atoms with van der Waals surface area (Å²) in [7, 11) is 0. The van der Waals surface area contributed by atoms with Gasteiger partial charge in [0.25, 0.3) is 5.91 Å². The summed E-state index contributed by atoms with van der Waals surface area (Å²) in [5.74, 6) is 0.888. The molecule has 1 aromatic heterocycles. The van der Waals surface area contributed by atoms with Gasteiger partial charge in [0.15, 0.2) is 0 Å². The van der Waals surface area contributed by atoms with Crippen LogP contribution in [-0.4, -0.2) is 34.2 Å². The smallest absolute Gasteiger partial charge is 0.274 e. The van der Waals surface area contributed by atoms with Crippen LogP contribution in [0.15, 0.2) is 30.3 Å². The predicted molar refractivity (Wildman–Crippen MR) is 93.2 cm³/mol. The molecule has 0 saturated carbocycles. The number of aromatic nitrogens is 2. The highest BCUT2D eigenvalue weighted by atomic mass is 16.5. The van der Waals surface area contributed by atoms with Gasteiger partial charge in [-0.15, -0.1) is 0 Å². The van der Waals surface area contributed by atoms with Crippen molar-refractivity contribution in [3.8, 4) is 5.75 Å². The van der Waals surface area contributed by atoms with Crippen LogP contribution in [0.25, 0.3) is 0 Å². The fourth-order valence-electron chi connectivity index (χ4n) is 3.32. The molecule has 1 aliphatic rings. The van der Waals surface area contributed by atoms with E-state index >= 15 is 0 Å². The van der Waals surface area contributed by atoms with Gasteiger partial charge in [-0.2, -0.15) is 5.10 Å². The minimum Gasteiger partial charge on any atom is -0.494 e. The Balaban J connectivity index is 1.75. The second-order valence-electron chi connectivity index (χ2n) is 6.19. The van der Waals surface area contributed by atoms with Crippen molar-refractivity contribution in [1.29, 1.82) is 0 Å². The molecular formula is C19H25N3O2. The Kier molecular flexibility index (Phi) is 5.18. The predicted octanol–water partition coefficient (Wildman–Crippen LogP) is 3.74. The van der Waals surface area contributed by atoms with Crippen molar-refractivity contribution >= 4 is 5.91 Å². The van der Waals surface area contributed by atoms with Crippen LogP contribution in [-0.2, 0) is 6.42 Å². The van der Waals surface area contributed by atoms with E-state index in [1.807, 2.05) is 30.0 Å². The third kappa shape index (κ3) is 3.45. The number of aryl methyl sites for hydroxylation is 1. The molecule has 0 radical (unpaired) electrons. The Morgan fingerprint density at radius 1 is 1.33 bits per heavy atom. The van der Waals surface area contributed by atoms with Crippen molar-refractivity contribution in [2.75, 3.05) is 13.2 Å². The number of carbonyl (C=O) groups is 1. The second kappa shape index (κ2) is 7.51. The molecule has 1 N–H and O–H groups in total. The van der Waals surface area contributed by atoms with E-state index in [0.29, 0.717) is 12.3 Å². The first kappa shape index (κ1) is 16.6. The lowest BCUT2D eigenvalue weighted by Crippen LogP contribution is -2.30. The van der Waals surface area contributed by atoms with Crippen LogP contribution in [0.1, 0.15) is 60.9 Å². The third-order valence-electron chi connectivity index (χ3n) is 4.46. The van der Waals surface area contributed by atoms with Crippen molar-refractivity contribution in [2.24, 2.45) is 0 Å². The number of hydrogen-bond acceptors (Lipinski definition) is 3. The Hall–Kier alpha value is -2.30. The van der Waals surface area contributed by atoms with Crippen LogP contribution in [0.2, 0.25) is 0 Å². The van der Waals surface area contributed by atoms with E-state index in [-0.39, 0.29) is 11.9 Å². The molecule has 24 heavy (non-hydrogen) atoms. The number of amides is 1. The molecule has 0 bridgehead atoms. The molecule has 1 aromatic carbocycles. The van der Waals surface area contributed by atoms with Gasteiger partial charge >= 0.3 is 0 Å². The standard InChI is InChI=1S/C19H25N3O2/c1-3-6-15-13-17(21-20-15)19(23)22-12-5-7-18(22)14-8-10-16(11-9-14)24-4-2/h8-11,13,18H,3-7,12H2,1-2H3,(H,20,21). The number of aromatic amines is 1. The molecule has 2 aromatic rings. The molecule has 1 aliphatic heterocycles. The maximum atomic E-state index is 12.8. The number of carbonyl (C=O) groups excluding carboxylic acids is 1. The summed E-state index contributed by atoms with van der Waals surface area (Å²) in [6, 6.07) is 10.1. The van der Waals surface area contributed by atoms with Crippen LogP contribution in [0.5, 0.6) is 5.75 Å². The molecule has 1 amide bonds. The van der Waals surface area contributed by atoms with Gasteiger partial charge in [0, 0.05) is 12.2 Å². The SMILES string of the molecule is CCCc1cc(C(=O)N2CCCC2c2ccc(OCC)cc2)n[nH]1. The molecule has 1 fully saturated rings. The number of rotatable bonds is 6. The Labute approximate surface area is 143 Å². The molecule has 0 spiro atoms. The minimum absolute atomic E-state index is 0.0185. The monoisotopic (exact) mass is 327 g/mol. The van der Waals surface area contributed by atoms with E-state index in [2.05, 4.69) is 29.3 Å². The summed E-state index contributed by atoms with van der Waals surface area (Å²) in [6.45, 7) is 5.53. The molecule has 128 valence electrons. The van der Waals surface area contributed by atoms with Gasteiger partial charge in [-0.05, 0) is 49.9 Å². The van der Waals surface area contributed by atoms with Gasteiger partial charge in [-0.3, -0.25) is 9.89 Å². The van der Waals surface area contributed by atoms with Crippen LogP contribution >= 0.6 is 0 Å². The Morgan fingerprint density at radius 3 is 2.83 bits per heavy atom. The van der Waals surface area contributed by atoms with Crippen LogP contribution in [0.3, 0.4) is 0 Å². The number of benzene rings is 1. The zero-order valence-corrected chi connectivity index (χ0v) is 14.4. The topological polar surface area (TPSA) is 58.2 Å². The van der Waals surface area contributed by atoms with Gasteiger partial charge in [-0.25, -0.2) is 0 Å². The maximum Gasteiger partial charge on any atom is 0.274 e. The summed E-state index contributed by atoms with van der Waals surface area (Å²) in [4.78, 5) is 14.8. The van der Waals surface area contributed by atoms with Gasteiger partial charge in [0.2, 0.25) is 0 Å². The van der Waals surface area contributed by atoms with Crippen LogP contribution < -0.4 is 4.74 Å². The fourth-order valence-corrected chi connectivity index (χ4v) is 3.32. The van der Waals surface area contributed by atoms with Crippen molar-refractivity contribution in [3.05, 3.63) is 47.3 Å². The Bertz CT molecular complexity index is 678. The summed E-state index contributed by atoms with van der Waals surface area (Å²) < 4.78 is 5.50. The number of H-pyrrole nitrogens is 1. The number of likely N-dealkylation sites (tertiary alicyclic amines) is 1. The van der Waals surface area contributed by atoms with E-state index in [4.69, 9.17) is 4.74 Å². The molecule has 3 rings (SSSR count). The normalized spacial score (nSPS) is 17.2. The van der Waals surface area contributed by atoms with E-state index in [0.717, 1.165) is 49.2 Å². The van der Waals surface area contributed by atoms with Crippen molar-refractivity contribution in [3.63, 3.8) is 0 Å². The third-order valence-corrected chi connectivity index (χ3v) is 4.46. The number of nitrogens with zero attached hydrogens (tertiary/aromatic N) is 2. The molecular weight excluding hydrogens is 302 g/mol. The Morgan fingerprint density at radius 2 is 2.12 bits per heavy atom. The van der Waals surface area contributed by atoms with Gasteiger partial charge in [0.05, 0.1) is 12.6 Å². The van der Waals surface area contributed by atoms with Crippen LogP contribution in [0, 0.1) is 0 Å². The van der Waals surface area contributed by atoms with E-state index in [9.17, 15) is 4.79 Å². The van der Waals surface area contributed by atoms with Crippen molar-refractivity contribution < 1.29 is 9.53 Å². The van der Waals surface area contributed by atoms with Gasteiger partial charge in [-0.1, -0.05) is 25.5 Å². The fraction of sp³-hybridized carbons (Fsp3) is 0.474. The molecule has 1 saturated heterocycles. The highest BCUT2D eigenvalue weighted by Crippen LogP contribution is 2.33. The summed E-state index contributed by atoms with van der Waals surface area (Å²) in [6.07, 6.45) is 3.97. The maximum absolute atomic E-state index is 12.8. The van der Waals surface area contributed by atoms with E-state index < -0.39 is 0 Å². The lowest BCUT2D eigenvalue weighted by atomic mass is 10.0. The van der Waals surface area contributed by atoms with Crippen molar-refractivity contribution in [1.82, 2.24) is 15.1 Å². The number of ether oxygens (including phenoxy) is 1. The minimum atomic E-state index is 0.0185. The first-order chi connectivity index (χ1) is 11.7. The first-order valence-corrected chi connectivity index (χ1v) is 8.81. The van der Waals surface area contributed by atoms with Crippen molar-refractivity contribution in [2.45, 2.75) is 45.6 Å². The zero-order chi connectivity index (χ0) is 16.9. The molecule has 5 nitrogen and oxygen atoms in total. The lowest BCUT2D eigenvalue weighted by molar-refractivity contribution is 0.0729. The molecule has 2 heterocycles. The number of hydrogen-bond donors (Lipinski definition) is 1. The average molecular weight is 327 g/mol. The second-order valence-corrected chi connectivity index (χ2v) is 6.19. The quantitative estimate of drug-likeness (QED) is 0.879. The molecule has 0 aliphatic carbocycles. The highest BCUT2D eigenvalue weighted by Gasteiger charge is 2.31. The van der Waals surface area contributed by atoms with Gasteiger partial charge < -0.3 is 9.64 Å². The molecule has 1 unspecified atom stereocenters. The summed E-state index contributed by atoms with van der Waals surface area (Å²) >= 11 is 0. The number of nitrogens with one attached hydrogen (secondary N) is 1. The highest BCUT2D eigenvalue weighted by molar-refractivity contribution is 5.92. The lowest BCUT2D eigenvalue weighted by Gasteiger charge is -2.24. The first-order valence-electron chi connectivity index (χ1n) is 8.81. The van der Waals surface area contributed by atoms with Gasteiger partial charge in [0.1, 0.15) is 11.4 Å². The largest absolute Gasteiger partial charge is 0.494 e. The summed E-state index contributed by atoms with van der Waals surface area (Å²) in [5.41, 5.74) is 2.71. The molecule has 5 heteroatoms. The van der Waals surface area contributed by atoms with E-state index in [1.165, 1.54) is 0 Å². The van der Waals surface area contributed by atoms with E-state index in [1.54, 1.807) is 0 Å². The summed E-state index contributed by atoms with van der Waals surface area (Å²) in [5, 5.41) is 7.18.